The Labute approximate surface area is 163 Å². The van der Waals surface area contributed by atoms with Crippen LogP contribution in [0.15, 0.2) is 29.1 Å². The number of nitrogens with one attached hydrogen (secondary N) is 2. The van der Waals surface area contributed by atoms with E-state index < -0.39 is 0 Å². The Morgan fingerprint density at radius 3 is 2.68 bits per heavy atom. The maximum atomic E-state index is 12.1. The Balaban J connectivity index is 1.48. The van der Waals surface area contributed by atoms with Crippen LogP contribution in [-0.4, -0.2) is 36.6 Å². The molecule has 2 aromatic rings. The van der Waals surface area contributed by atoms with Crippen molar-refractivity contribution in [3.05, 3.63) is 51.4 Å². The summed E-state index contributed by atoms with van der Waals surface area (Å²) in [5.41, 5.74) is 2.84. The summed E-state index contributed by atoms with van der Waals surface area (Å²) < 4.78 is 11.9. The van der Waals surface area contributed by atoms with Crippen molar-refractivity contribution in [2.75, 3.05) is 20.8 Å². The number of aromatic nitrogens is 2. The maximum absolute atomic E-state index is 12.1. The van der Waals surface area contributed by atoms with Crippen LogP contribution in [0.2, 0.25) is 0 Å². The van der Waals surface area contributed by atoms with Crippen molar-refractivity contribution in [3.63, 3.8) is 0 Å². The number of carbonyl (C=O) groups excluding carboxylic acids is 1. The monoisotopic (exact) mass is 386 g/mol. The number of amides is 2. The summed E-state index contributed by atoms with van der Waals surface area (Å²) in [6.07, 6.45) is 4.05. The molecule has 1 heterocycles. The van der Waals surface area contributed by atoms with Crippen LogP contribution in [0.5, 0.6) is 11.5 Å². The zero-order valence-corrected chi connectivity index (χ0v) is 16.3. The molecule has 0 spiro atoms. The van der Waals surface area contributed by atoms with E-state index in [2.05, 4.69) is 15.7 Å². The van der Waals surface area contributed by atoms with Gasteiger partial charge in [-0.2, -0.15) is 5.10 Å². The van der Waals surface area contributed by atoms with Crippen molar-refractivity contribution in [1.82, 2.24) is 20.4 Å². The molecule has 1 aromatic carbocycles. The fourth-order valence-corrected chi connectivity index (χ4v) is 3.27. The summed E-state index contributed by atoms with van der Waals surface area (Å²) in [5, 5.41) is 9.98. The summed E-state index contributed by atoms with van der Waals surface area (Å²) in [4.78, 5) is 24.2. The first-order valence-electron chi connectivity index (χ1n) is 9.43. The second kappa shape index (κ2) is 9.25. The van der Waals surface area contributed by atoms with E-state index in [1.807, 2.05) is 12.1 Å². The minimum Gasteiger partial charge on any atom is -0.493 e. The highest BCUT2D eigenvalue weighted by molar-refractivity contribution is 5.73. The Morgan fingerprint density at radius 1 is 1.11 bits per heavy atom. The van der Waals surface area contributed by atoms with E-state index >= 15 is 0 Å². The summed E-state index contributed by atoms with van der Waals surface area (Å²) in [7, 11) is 3.14. The van der Waals surface area contributed by atoms with Gasteiger partial charge in [-0.05, 0) is 48.9 Å². The van der Waals surface area contributed by atoms with Crippen LogP contribution in [0.4, 0.5) is 4.79 Å². The quantitative estimate of drug-likeness (QED) is 0.754. The number of rotatable bonds is 7. The van der Waals surface area contributed by atoms with E-state index in [1.165, 1.54) is 4.68 Å². The van der Waals surface area contributed by atoms with Crippen LogP contribution in [0.1, 0.15) is 29.7 Å². The van der Waals surface area contributed by atoms with Gasteiger partial charge >= 0.3 is 6.03 Å². The third-order valence-corrected chi connectivity index (χ3v) is 4.78. The number of hydrogen-bond acceptors (Lipinski definition) is 5. The molecule has 0 aliphatic heterocycles. The van der Waals surface area contributed by atoms with E-state index in [0.717, 1.165) is 42.5 Å². The van der Waals surface area contributed by atoms with Crippen molar-refractivity contribution >= 4 is 6.03 Å². The molecule has 0 bridgehead atoms. The highest BCUT2D eigenvalue weighted by Gasteiger charge is 2.13. The van der Waals surface area contributed by atoms with E-state index in [4.69, 9.17) is 9.47 Å². The average Bonchev–Trinajstić information content (AvgIpc) is 2.72. The number of urea groups is 1. The molecular formula is C20H26N4O4. The molecule has 3 rings (SSSR count). The maximum Gasteiger partial charge on any atom is 0.315 e. The largest absolute Gasteiger partial charge is 0.493 e. The van der Waals surface area contributed by atoms with E-state index in [-0.39, 0.29) is 11.6 Å². The Hall–Kier alpha value is -3.03. The van der Waals surface area contributed by atoms with Gasteiger partial charge in [0.05, 0.1) is 26.5 Å². The molecular weight excluding hydrogens is 360 g/mol. The second-order valence-electron chi connectivity index (χ2n) is 6.68. The number of fused-ring (bicyclic) bond motifs is 1. The second-order valence-corrected chi connectivity index (χ2v) is 6.68. The van der Waals surface area contributed by atoms with Gasteiger partial charge < -0.3 is 20.1 Å². The first kappa shape index (κ1) is 19.7. The van der Waals surface area contributed by atoms with Gasteiger partial charge in [-0.1, -0.05) is 6.07 Å². The molecule has 0 unspecified atom stereocenters. The first-order valence-corrected chi connectivity index (χ1v) is 9.43. The zero-order valence-electron chi connectivity index (χ0n) is 16.3. The summed E-state index contributed by atoms with van der Waals surface area (Å²) in [5.74, 6) is 1.25. The SMILES string of the molecule is COc1ccc(CNC(=O)NCCn2nc3c(cc2=O)CCCC3)cc1OC. The van der Waals surface area contributed by atoms with Gasteiger partial charge in [0.2, 0.25) is 0 Å². The summed E-state index contributed by atoms with van der Waals surface area (Å²) >= 11 is 0. The summed E-state index contributed by atoms with van der Waals surface area (Å²) in [6, 6.07) is 6.84. The predicted molar refractivity (Wildman–Crippen MR) is 105 cm³/mol. The summed E-state index contributed by atoms with van der Waals surface area (Å²) in [6.45, 7) is 1.02. The minimum atomic E-state index is -0.305. The Kier molecular flexibility index (Phi) is 6.52. The zero-order chi connectivity index (χ0) is 19.9. The van der Waals surface area contributed by atoms with Crippen LogP contribution in [0, 0.1) is 0 Å². The molecule has 150 valence electrons. The molecule has 1 aromatic heterocycles. The topological polar surface area (TPSA) is 94.5 Å². The van der Waals surface area contributed by atoms with Gasteiger partial charge in [0.15, 0.2) is 11.5 Å². The average molecular weight is 386 g/mol. The highest BCUT2D eigenvalue weighted by Crippen LogP contribution is 2.27. The third kappa shape index (κ3) is 4.82. The van der Waals surface area contributed by atoms with Crippen LogP contribution >= 0.6 is 0 Å². The van der Waals surface area contributed by atoms with Crippen LogP contribution in [-0.2, 0) is 25.9 Å². The standard InChI is InChI=1S/C20H26N4O4/c1-27-17-8-7-14(11-18(17)28-2)13-22-20(26)21-9-10-24-19(25)12-15-5-3-4-6-16(15)23-24/h7-8,11-12H,3-6,9-10,13H2,1-2H3,(H2,21,22,26). The van der Waals surface area contributed by atoms with Crippen LogP contribution in [0.25, 0.3) is 0 Å². The van der Waals surface area contributed by atoms with E-state index in [1.54, 1.807) is 26.4 Å². The fourth-order valence-electron chi connectivity index (χ4n) is 3.27. The van der Waals surface area contributed by atoms with Gasteiger partial charge in [-0.3, -0.25) is 4.79 Å². The first-order chi connectivity index (χ1) is 13.6. The highest BCUT2D eigenvalue weighted by atomic mass is 16.5. The lowest BCUT2D eigenvalue weighted by Gasteiger charge is -2.16. The predicted octanol–water partition coefficient (Wildman–Crippen LogP) is 1.64. The normalized spacial score (nSPS) is 12.8. The lowest BCUT2D eigenvalue weighted by molar-refractivity contribution is 0.240. The van der Waals surface area contributed by atoms with Crippen molar-refractivity contribution in [3.8, 4) is 11.5 Å². The van der Waals surface area contributed by atoms with Crippen molar-refractivity contribution in [2.24, 2.45) is 0 Å². The molecule has 0 saturated carbocycles. The number of ether oxygens (including phenoxy) is 2. The molecule has 8 heteroatoms. The lowest BCUT2D eigenvalue weighted by Crippen LogP contribution is -2.38. The van der Waals surface area contributed by atoms with Gasteiger partial charge in [-0.25, -0.2) is 9.48 Å². The minimum absolute atomic E-state index is 0.117. The number of benzene rings is 1. The molecule has 28 heavy (non-hydrogen) atoms. The van der Waals surface area contributed by atoms with Crippen molar-refractivity contribution < 1.29 is 14.3 Å². The van der Waals surface area contributed by atoms with Gasteiger partial charge in [0.25, 0.3) is 5.56 Å². The molecule has 2 N–H and O–H groups in total. The van der Waals surface area contributed by atoms with Gasteiger partial charge in [-0.15, -0.1) is 0 Å². The molecule has 8 nitrogen and oxygen atoms in total. The molecule has 0 fully saturated rings. The smallest absolute Gasteiger partial charge is 0.315 e. The fraction of sp³-hybridized carbons (Fsp3) is 0.450. The molecule has 1 aliphatic carbocycles. The van der Waals surface area contributed by atoms with Crippen LogP contribution < -0.4 is 25.7 Å². The van der Waals surface area contributed by atoms with Crippen molar-refractivity contribution in [2.45, 2.75) is 38.8 Å². The molecule has 1 aliphatic rings. The molecule has 0 atom stereocenters. The Bertz CT molecular complexity index is 894. The molecule has 0 radical (unpaired) electrons. The number of aryl methyl sites for hydroxylation is 2. The van der Waals surface area contributed by atoms with E-state index in [9.17, 15) is 9.59 Å². The molecule has 0 saturated heterocycles. The Morgan fingerprint density at radius 2 is 1.89 bits per heavy atom. The van der Waals surface area contributed by atoms with Crippen molar-refractivity contribution in [1.29, 1.82) is 0 Å². The van der Waals surface area contributed by atoms with Gasteiger partial charge in [0, 0.05) is 19.2 Å². The van der Waals surface area contributed by atoms with E-state index in [0.29, 0.717) is 31.1 Å². The molecule has 2 amide bonds. The number of nitrogens with zero attached hydrogens (tertiary/aromatic N) is 2. The lowest BCUT2D eigenvalue weighted by atomic mass is 9.97. The number of hydrogen-bond donors (Lipinski definition) is 2. The van der Waals surface area contributed by atoms with Crippen LogP contribution in [0.3, 0.4) is 0 Å². The number of methoxy groups -OCH3 is 2. The van der Waals surface area contributed by atoms with Gasteiger partial charge in [0.1, 0.15) is 0 Å². The number of carbonyl (C=O) groups is 1. The third-order valence-electron chi connectivity index (χ3n) is 4.78.